The van der Waals surface area contributed by atoms with E-state index in [9.17, 15) is 9.59 Å². The van der Waals surface area contributed by atoms with Crippen LogP contribution in [0.4, 0.5) is 0 Å². The van der Waals surface area contributed by atoms with E-state index in [0.29, 0.717) is 17.4 Å². The number of H-pyrrole nitrogens is 1. The third-order valence-corrected chi connectivity index (χ3v) is 4.94. The molecule has 2 heterocycles. The van der Waals surface area contributed by atoms with E-state index < -0.39 is 0 Å². The van der Waals surface area contributed by atoms with Crippen molar-refractivity contribution in [3.05, 3.63) is 69.4 Å². The smallest absolute Gasteiger partial charge is 0.261 e. The number of aromatic nitrogens is 4. The second-order valence-corrected chi connectivity index (χ2v) is 7.41. The summed E-state index contributed by atoms with van der Waals surface area (Å²) >= 11 is 3.35. The van der Waals surface area contributed by atoms with Crippen molar-refractivity contribution >= 4 is 43.8 Å². The number of imidazole rings is 1. The molecule has 1 amide bonds. The number of nitrogens with one attached hydrogen (secondary N) is 2. The van der Waals surface area contributed by atoms with Gasteiger partial charge in [0.15, 0.2) is 0 Å². The number of aryl methyl sites for hydroxylation is 1. The molecule has 2 N–H and O–H groups in total. The number of carbonyl (C=O) groups is 1. The zero-order chi connectivity index (χ0) is 19.5. The Hall–Kier alpha value is -3.00. The SMILES string of the molecule is O=C(Cn1cnc2ccc(Br)cc2c1=O)NCCCc1nc2ccccc2[nH]1. The van der Waals surface area contributed by atoms with Gasteiger partial charge in [-0.15, -0.1) is 0 Å². The summed E-state index contributed by atoms with van der Waals surface area (Å²) in [6, 6.07) is 13.2. The molecule has 7 nitrogen and oxygen atoms in total. The molecule has 0 aliphatic rings. The number of hydrogen-bond acceptors (Lipinski definition) is 4. The average molecular weight is 440 g/mol. The van der Waals surface area contributed by atoms with Crippen molar-refractivity contribution in [2.75, 3.05) is 6.54 Å². The fourth-order valence-electron chi connectivity index (χ4n) is 3.06. The van der Waals surface area contributed by atoms with Gasteiger partial charge in [-0.2, -0.15) is 0 Å². The van der Waals surface area contributed by atoms with Crippen molar-refractivity contribution in [2.45, 2.75) is 19.4 Å². The molecule has 0 spiro atoms. The molecule has 28 heavy (non-hydrogen) atoms. The molecular weight excluding hydrogens is 422 g/mol. The van der Waals surface area contributed by atoms with Crippen molar-refractivity contribution in [1.82, 2.24) is 24.8 Å². The quantitative estimate of drug-likeness (QED) is 0.451. The molecule has 0 fully saturated rings. The maximum absolute atomic E-state index is 12.5. The van der Waals surface area contributed by atoms with Crippen molar-refractivity contribution in [2.24, 2.45) is 0 Å². The molecule has 0 saturated carbocycles. The first-order valence-electron chi connectivity index (χ1n) is 8.95. The Bertz CT molecular complexity index is 1180. The highest BCUT2D eigenvalue weighted by Gasteiger charge is 2.09. The number of nitrogens with zero attached hydrogens (tertiary/aromatic N) is 3. The van der Waals surface area contributed by atoms with E-state index in [-0.39, 0.29) is 18.0 Å². The Balaban J connectivity index is 1.32. The Kier molecular flexibility index (Phi) is 5.21. The molecule has 0 bridgehead atoms. The lowest BCUT2D eigenvalue weighted by atomic mass is 10.2. The van der Waals surface area contributed by atoms with Crippen molar-refractivity contribution < 1.29 is 4.79 Å². The van der Waals surface area contributed by atoms with Gasteiger partial charge in [0.25, 0.3) is 5.56 Å². The molecule has 0 saturated heterocycles. The molecule has 8 heteroatoms. The summed E-state index contributed by atoms with van der Waals surface area (Å²) in [6.07, 6.45) is 2.90. The summed E-state index contributed by atoms with van der Waals surface area (Å²) < 4.78 is 2.12. The van der Waals surface area contributed by atoms with Gasteiger partial charge in [-0.1, -0.05) is 28.1 Å². The van der Waals surface area contributed by atoms with Crippen LogP contribution in [0.3, 0.4) is 0 Å². The molecular formula is C20H18BrN5O2. The first-order chi connectivity index (χ1) is 13.6. The highest BCUT2D eigenvalue weighted by Crippen LogP contribution is 2.14. The van der Waals surface area contributed by atoms with Crippen LogP contribution in [0.2, 0.25) is 0 Å². The second kappa shape index (κ2) is 7.93. The molecule has 2 aromatic heterocycles. The number of halogens is 1. The number of aromatic amines is 1. The van der Waals surface area contributed by atoms with Gasteiger partial charge in [-0.05, 0) is 36.8 Å². The molecule has 4 aromatic rings. The lowest BCUT2D eigenvalue weighted by molar-refractivity contribution is -0.121. The minimum absolute atomic E-state index is 0.0566. The summed E-state index contributed by atoms with van der Waals surface area (Å²) in [4.78, 5) is 36.7. The van der Waals surface area contributed by atoms with E-state index in [1.807, 2.05) is 30.3 Å². The standard InChI is InChI=1S/C20H18BrN5O2/c21-13-7-8-15-14(10-13)20(28)26(12-23-15)11-19(27)22-9-3-6-18-24-16-4-1-2-5-17(16)25-18/h1-2,4-5,7-8,10,12H,3,6,9,11H2,(H,22,27)(H,24,25). The lowest BCUT2D eigenvalue weighted by Crippen LogP contribution is -2.33. The van der Waals surface area contributed by atoms with Crippen LogP contribution in [0.25, 0.3) is 21.9 Å². The molecule has 142 valence electrons. The summed E-state index contributed by atoms with van der Waals surface area (Å²) in [6.45, 7) is 0.454. The zero-order valence-corrected chi connectivity index (χ0v) is 16.6. The Labute approximate surface area is 168 Å². The Morgan fingerprint density at radius 3 is 2.89 bits per heavy atom. The lowest BCUT2D eigenvalue weighted by Gasteiger charge is -2.08. The fraction of sp³-hybridized carbons (Fsp3) is 0.200. The van der Waals surface area contributed by atoms with Gasteiger partial charge in [0.2, 0.25) is 5.91 Å². The molecule has 0 unspecified atom stereocenters. The van der Waals surface area contributed by atoms with Gasteiger partial charge in [0, 0.05) is 17.4 Å². The van der Waals surface area contributed by atoms with E-state index in [0.717, 1.165) is 34.2 Å². The van der Waals surface area contributed by atoms with Gasteiger partial charge in [0.1, 0.15) is 12.4 Å². The van der Waals surface area contributed by atoms with Crippen LogP contribution in [0.15, 0.2) is 58.1 Å². The van der Waals surface area contributed by atoms with Gasteiger partial charge in [-0.3, -0.25) is 14.2 Å². The van der Waals surface area contributed by atoms with Crippen LogP contribution in [-0.4, -0.2) is 32.0 Å². The van der Waals surface area contributed by atoms with Crippen molar-refractivity contribution in [3.8, 4) is 0 Å². The molecule has 0 radical (unpaired) electrons. The Morgan fingerprint density at radius 2 is 2.04 bits per heavy atom. The minimum Gasteiger partial charge on any atom is -0.355 e. The minimum atomic E-state index is -0.233. The van der Waals surface area contributed by atoms with Crippen LogP contribution in [-0.2, 0) is 17.8 Å². The third-order valence-electron chi connectivity index (χ3n) is 4.45. The number of carbonyl (C=O) groups excluding carboxylic acids is 1. The van der Waals surface area contributed by atoms with Crippen LogP contribution in [0.1, 0.15) is 12.2 Å². The maximum Gasteiger partial charge on any atom is 0.261 e. The molecule has 0 atom stereocenters. The number of benzene rings is 2. The van der Waals surface area contributed by atoms with Crippen molar-refractivity contribution in [3.63, 3.8) is 0 Å². The fourth-order valence-corrected chi connectivity index (χ4v) is 3.42. The van der Waals surface area contributed by atoms with Crippen LogP contribution >= 0.6 is 15.9 Å². The van der Waals surface area contributed by atoms with Crippen LogP contribution in [0.5, 0.6) is 0 Å². The van der Waals surface area contributed by atoms with E-state index >= 15 is 0 Å². The summed E-state index contributed by atoms with van der Waals surface area (Å²) in [5.41, 5.74) is 2.33. The highest BCUT2D eigenvalue weighted by atomic mass is 79.9. The maximum atomic E-state index is 12.5. The van der Waals surface area contributed by atoms with Gasteiger partial charge < -0.3 is 10.3 Å². The zero-order valence-electron chi connectivity index (χ0n) is 15.0. The largest absolute Gasteiger partial charge is 0.355 e. The highest BCUT2D eigenvalue weighted by molar-refractivity contribution is 9.10. The number of fused-ring (bicyclic) bond motifs is 2. The first kappa shape index (κ1) is 18.4. The number of para-hydroxylation sites is 2. The predicted molar refractivity (Wildman–Crippen MR) is 111 cm³/mol. The average Bonchev–Trinajstić information content (AvgIpc) is 3.11. The predicted octanol–water partition coefficient (Wildman–Crippen LogP) is 2.78. The van der Waals surface area contributed by atoms with Crippen molar-refractivity contribution in [1.29, 1.82) is 0 Å². The monoisotopic (exact) mass is 439 g/mol. The summed E-state index contributed by atoms with van der Waals surface area (Å²) in [5.74, 6) is 0.679. The summed E-state index contributed by atoms with van der Waals surface area (Å²) in [5, 5.41) is 3.33. The van der Waals surface area contributed by atoms with E-state index in [1.165, 1.54) is 10.9 Å². The number of amides is 1. The van der Waals surface area contributed by atoms with Crippen LogP contribution in [0, 0.1) is 0 Å². The van der Waals surface area contributed by atoms with Gasteiger partial charge >= 0.3 is 0 Å². The van der Waals surface area contributed by atoms with Gasteiger partial charge in [0.05, 0.1) is 28.3 Å². The summed E-state index contributed by atoms with van der Waals surface area (Å²) in [7, 11) is 0. The first-order valence-corrected chi connectivity index (χ1v) is 9.74. The molecule has 0 aliphatic carbocycles. The van der Waals surface area contributed by atoms with E-state index in [4.69, 9.17) is 0 Å². The van der Waals surface area contributed by atoms with E-state index in [1.54, 1.807) is 12.1 Å². The van der Waals surface area contributed by atoms with Gasteiger partial charge in [-0.25, -0.2) is 9.97 Å². The number of rotatable bonds is 6. The topological polar surface area (TPSA) is 92.7 Å². The van der Waals surface area contributed by atoms with Crippen LogP contribution < -0.4 is 10.9 Å². The second-order valence-electron chi connectivity index (χ2n) is 6.49. The molecule has 0 aliphatic heterocycles. The van der Waals surface area contributed by atoms with E-state index in [2.05, 4.69) is 36.2 Å². The Morgan fingerprint density at radius 1 is 1.18 bits per heavy atom. The third kappa shape index (κ3) is 3.96. The number of hydrogen-bond donors (Lipinski definition) is 2. The normalized spacial score (nSPS) is 11.2. The molecule has 4 rings (SSSR count). The molecule has 2 aromatic carbocycles.